The maximum atomic E-state index is 5.81. The second-order valence-corrected chi connectivity index (χ2v) is 5.90. The van der Waals surface area contributed by atoms with Crippen molar-refractivity contribution in [2.75, 3.05) is 5.32 Å². The van der Waals surface area contributed by atoms with Gasteiger partial charge in [-0.3, -0.25) is 0 Å². The second kappa shape index (κ2) is 5.07. The fourth-order valence-electron chi connectivity index (χ4n) is 2.00. The molecule has 1 N–H and O–H groups in total. The first kappa shape index (κ1) is 12.4. The molecule has 0 spiro atoms. The summed E-state index contributed by atoms with van der Waals surface area (Å²) in [6.45, 7) is 7.14. The van der Waals surface area contributed by atoms with Crippen LogP contribution >= 0.6 is 22.9 Å². The molecule has 0 aliphatic carbocycles. The first-order valence-corrected chi connectivity index (χ1v) is 6.67. The van der Waals surface area contributed by atoms with Gasteiger partial charge in [0.25, 0.3) is 0 Å². The molecule has 17 heavy (non-hydrogen) atoms. The molecular formula is C13H15ClN2S. The highest BCUT2D eigenvalue weighted by atomic mass is 35.5. The van der Waals surface area contributed by atoms with Crippen molar-refractivity contribution in [3.05, 3.63) is 44.4 Å². The number of rotatable bonds is 3. The monoisotopic (exact) mass is 266 g/mol. The molecule has 90 valence electrons. The van der Waals surface area contributed by atoms with Gasteiger partial charge in [0.2, 0.25) is 0 Å². The molecule has 0 fully saturated rings. The fourth-order valence-corrected chi connectivity index (χ4v) is 2.92. The highest BCUT2D eigenvalue weighted by Gasteiger charge is 2.04. The number of thiazole rings is 1. The molecule has 0 aliphatic heterocycles. The van der Waals surface area contributed by atoms with Crippen LogP contribution in [-0.4, -0.2) is 4.98 Å². The molecule has 1 heterocycles. The first-order chi connectivity index (χ1) is 8.06. The molecule has 2 aromatic rings. The molecule has 0 bridgehead atoms. The average Bonchev–Trinajstić information content (AvgIpc) is 2.62. The molecule has 0 atom stereocenters. The molecule has 0 radical (unpaired) electrons. The van der Waals surface area contributed by atoms with Gasteiger partial charge in [0, 0.05) is 16.8 Å². The highest BCUT2D eigenvalue weighted by molar-refractivity contribution is 7.15. The summed E-state index contributed by atoms with van der Waals surface area (Å²) in [5.41, 5.74) is 5.06. The summed E-state index contributed by atoms with van der Waals surface area (Å²) in [6.07, 6.45) is 1.82. The third kappa shape index (κ3) is 2.99. The number of benzene rings is 1. The molecular weight excluding hydrogens is 252 g/mol. The van der Waals surface area contributed by atoms with Crippen molar-refractivity contribution < 1.29 is 0 Å². The van der Waals surface area contributed by atoms with Gasteiger partial charge in [-0.2, -0.15) is 0 Å². The summed E-state index contributed by atoms with van der Waals surface area (Å²) in [5, 5.41) is 3.45. The second-order valence-electron chi connectivity index (χ2n) is 4.21. The van der Waals surface area contributed by atoms with Crippen molar-refractivity contribution in [3.63, 3.8) is 0 Å². The maximum absolute atomic E-state index is 5.81. The SMILES string of the molecule is Cc1cc(C)c(NCc2cnc(Cl)s2)c(C)c1. The molecule has 1 aromatic heterocycles. The normalized spacial score (nSPS) is 10.6. The Morgan fingerprint density at radius 3 is 2.41 bits per heavy atom. The quantitative estimate of drug-likeness (QED) is 0.894. The third-order valence-corrected chi connectivity index (χ3v) is 3.76. The van der Waals surface area contributed by atoms with Gasteiger partial charge in [0.05, 0.1) is 6.54 Å². The van der Waals surface area contributed by atoms with Crippen molar-refractivity contribution in [2.24, 2.45) is 0 Å². The lowest BCUT2D eigenvalue weighted by atomic mass is 10.1. The van der Waals surface area contributed by atoms with Crippen LogP contribution in [0, 0.1) is 20.8 Å². The Morgan fingerprint density at radius 2 is 1.88 bits per heavy atom. The Hall–Kier alpha value is -1.06. The van der Waals surface area contributed by atoms with E-state index >= 15 is 0 Å². The summed E-state index contributed by atoms with van der Waals surface area (Å²) in [7, 11) is 0. The molecule has 0 aliphatic rings. The van der Waals surface area contributed by atoms with Crippen LogP contribution in [0.25, 0.3) is 0 Å². The van der Waals surface area contributed by atoms with Gasteiger partial charge in [-0.25, -0.2) is 4.98 Å². The summed E-state index contributed by atoms with van der Waals surface area (Å²) in [5.74, 6) is 0. The molecule has 0 unspecified atom stereocenters. The van der Waals surface area contributed by atoms with E-state index in [1.54, 1.807) is 0 Å². The third-order valence-electron chi connectivity index (χ3n) is 2.64. The average molecular weight is 267 g/mol. The number of aromatic nitrogens is 1. The van der Waals surface area contributed by atoms with Crippen LogP contribution in [0.4, 0.5) is 5.69 Å². The van der Waals surface area contributed by atoms with Gasteiger partial charge >= 0.3 is 0 Å². The fraction of sp³-hybridized carbons (Fsp3) is 0.308. The number of aryl methyl sites for hydroxylation is 3. The van der Waals surface area contributed by atoms with Crippen LogP contribution in [0.5, 0.6) is 0 Å². The van der Waals surface area contributed by atoms with E-state index in [1.807, 2.05) is 6.20 Å². The molecule has 2 rings (SSSR count). The lowest BCUT2D eigenvalue weighted by molar-refractivity contribution is 1.15. The molecule has 0 saturated carbocycles. The van der Waals surface area contributed by atoms with E-state index in [0.29, 0.717) is 4.47 Å². The first-order valence-electron chi connectivity index (χ1n) is 5.48. The van der Waals surface area contributed by atoms with Gasteiger partial charge in [0.15, 0.2) is 4.47 Å². The van der Waals surface area contributed by atoms with Crippen LogP contribution in [0.2, 0.25) is 4.47 Å². The lowest BCUT2D eigenvalue weighted by Crippen LogP contribution is -2.02. The summed E-state index contributed by atoms with van der Waals surface area (Å²) in [4.78, 5) is 5.18. The van der Waals surface area contributed by atoms with Gasteiger partial charge in [-0.15, -0.1) is 11.3 Å². The van der Waals surface area contributed by atoms with Gasteiger partial charge in [-0.05, 0) is 31.9 Å². The van der Waals surface area contributed by atoms with Crippen LogP contribution in [0.3, 0.4) is 0 Å². The Balaban J connectivity index is 2.14. The number of anilines is 1. The molecule has 0 amide bonds. The van der Waals surface area contributed by atoms with Crippen LogP contribution < -0.4 is 5.32 Å². The van der Waals surface area contributed by atoms with Crippen molar-refractivity contribution in [3.8, 4) is 0 Å². The predicted octanol–water partition coefficient (Wildman–Crippen LogP) is 4.33. The van der Waals surface area contributed by atoms with Crippen LogP contribution in [-0.2, 0) is 6.54 Å². The highest BCUT2D eigenvalue weighted by Crippen LogP contribution is 2.24. The van der Waals surface area contributed by atoms with E-state index in [4.69, 9.17) is 11.6 Å². The maximum Gasteiger partial charge on any atom is 0.183 e. The van der Waals surface area contributed by atoms with Gasteiger partial charge in [0.1, 0.15) is 0 Å². The van der Waals surface area contributed by atoms with Crippen LogP contribution in [0.1, 0.15) is 21.6 Å². The van der Waals surface area contributed by atoms with E-state index in [-0.39, 0.29) is 0 Å². The van der Waals surface area contributed by atoms with Crippen molar-refractivity contribution in [2.45, 2.75) is 27.3 Å². The molecule has 4 heteroatoms. The van der Waals surface area contributed by atoms with Crippen LogP contribution in [0.15, 0.2) is 18.3 Å². The van der Waals surface area contributed by atoms with Gasteiger partial charge < -0.3 is 5.32 Å². The standard InChI is InChI=1S/C13H15ClN2S/c1-8-4-9(2)12(10(3)5-8)15-6-11-7-16-13(14)17-11/h4-5,7,15H,6H2,1-3H3. The van der Waals surface area contributed by atoms with E-state index in [2.05, 4.69) is 43.2 Å². The largest absolute Gasteiger partial charge is 0.380 e. The molecule has 2 nitrogen and oxygen atoms in total. The summed E-state index contributed by atoms with van der Waals surface area (Å²) in [6, 6.07) is 4.38. The zero-order chi connectivity index (χ0) is 12.4. The number of hydrogen-bond donors (Lipinski definition) is 1. The van der Waals surface area contributed by atoms with E-state index in [1.165, 1.54) is 33.7 Å². The Kier molecular flexibility index (Phi) is 3.69. The number of halogens is 1. The number of hydrogen-bond acceptors (Lipinski definition) is 3. The van der Waals surface area contributed by atoms with E-state index < -0.39 is 0 Å². The van der Waals surface area contributed by atoms with Gasteiger partial charge in [-0.1, -0.05) is 29.3 Å². The topological polar surface area (TPSA) is 24.9 Å². The van der Waals surface area contributed by atoms with Crippen molar-refractivity contribution in [1.29, 1.82) is 0 Å². The zero-order valence-corrected chi connectivity index (χ0v) is 11.7. The minimum absolute atomic E-state index is 0.596. The van der Waals surface area contributed by atoms with E-state index in [9.17, 15) is 0 Å². The predicted molar refractivity (Wildman–Crippen MR) is 75.1 cm³/mol. The van der Waals surface area contributed by atoms with E-state index in [0.717, 1.165) is 11.4 Å². The number of nitrogens with zero attached hydrogens (tertiary/aromatic N) is 1. The van der Waals surface area contributed by atoms with Crippen molar-refractivity contribution >= 4 is 28.6 Å². The number of nitrogens with one attached hydrogen (secondary N) is 1. The zero-order valence-electron chi connectivity index (χ0n) is 10.2. The minimum Gasteiger partial charge on any atom is -0.380 e. The Morgan fingerprint density at radius 1 is 1.24 bits per heavy atom. The van der Waals surface area contributed by atoms with Crippen molar-refractivity contribution in [1.82, 2.24) is 4.98 Å². The lowest BCUT2D eigenvalue weighted by Gasteiger charge is -2.12. The molecule has 0 saturated heterocycles. The Bertz CT molecular complexity index is 511. The minimum atomic E-state index is 0.596. The smallest absolute Gasteiger partial charge is 0.183 e. The Labute approximate surface area is 111 Å². The molecule has 1 aromatic carbocycles. The summed E-state index contributed by atoms with van der Waals surface area (Å²) >= 11 is 7.32. The summed E-state index contributed by atoms with van der Waals surface area (Å²) < 4.78 is 0.596.